The summed E-state index contributed by atoms with van der Waals surface area (Å²) in [6, 6.07) is 7.25. The van der Waals surface area contributed by atoms with Crippen molar-refractivity contribution in [2.45, 2.75) is 25.6 Å². The molecule has 0 spiro atoms. The molecule has 2 atom stereocenters. The number of nitrogens with two attached hydrogens (primary N) is 1. The van der Waals surface area contributed by atoms with Crippen molar-refractivity contribution in [3.63, 3.8) is 0 Å². The van der Waals surface area contributed by atoms with E-state index in [1.165, 1.54) is 0 Å². The lowest BCUT2D eigenvalue weighted by molar-refractivity contribution is 0.213. The maximum absolute atomic E-state index is 10.6. The highest BCUT2D eigenvalue weighted by molar-refractivity contribution is 5.54. The minimum absolute atomic E-state index is 0.139. The topological polar surface area (TPSA) is 77.6 Å². The normalized spacial score (nSPS) is 18.0. The molecule has 5 nitrogen and oxygen atoms in total. The highest BCUT2D eigenvalue weighted by Gasteiger charge is 2.25. The Hall–Kier alpha value is -2.27. The molecule has 2 heterocycles. The van der Waals surface area contributed by atoms with Gasteiger partial charge in [-0.05, 0) is 25.1 Å². The van der Waals surface area contributed by atoms with E-state index in [4.69, 9.17) is 15.2 Å². The Bertz CT molecular complexity index is 673. The van der Waals surface area contributed by atoms with Crippen LogP contribution >= 0.6 is 0 Å². The molecule has 2 unspecified atom stereocenters. The molecule has 0 amide bonds. The number of benzene rings is 1. The third kappa shape index (κ3) is 2.40. The van der Waals surface area contributed by atoms with Crippen molar-refractivity contribution in [2.75, 3.05) is 12.8 Å². The maximum Gasteiger partial charge on any atom is 0.129 e. The number of hydrogen-bond acceptors (Lipinski definition) is 5. The maximum atomic E-state index is 10.6. The van der Waals surface area contributed by atoms with Crippen LogP contribution in [-0.2, 0) is 6.42 Å². The average molecular weight is 286 g/mol. The van der Waals surface area contributed by atoms with Crippen molar-refractivity contribution in [1.29, 1.82) is 0 Å². The summed E-state index contributed by atoms with van der Waals surface area (Å²) in [5, 5.41) is 10.6. The zero-order chi connectivity index (χ0) is 15.0. The molecule has 1 aromatic heterocycles. The van der Waals surface area contributed by atoms with E-state index in [0.717, 1.165) is 17.7 Å². The van der Waals surface area contributed by atoms with Gasteiger partial charge in [-0.25, -0.2) is 4.98 Å². The molecule has 0 bridgehead atoms. The lowest BCUT2D eigenvalue weighted by atomic mass is 9.98. The molecule has 3 N–H and O–H groups in total. The van der Waals surface area contributed by atoms with Crippen LogP contribution in [0.15, 0.2) is 30.5 Å². The van der Waals surface area contributed by atoms with Gasteiger partial charge in [0.1, 0.15) is 29.5 Å². The molecule has 21 heavy (non-hydrogen) atoms. The number of ether oxygens (including phenoxy) is 2. The highest BCUT2D eigenvalue weighted by Crippen LogP contribution is 2.39. The van der Waals surface area contributed by atoms with Crippen molar-refractivity contribution < 1.29 is 14.6 Å². The summed E-state index contributed by atoms with van der Waals surface area (Å²) < 4.78 is 11.2. The third-order valence-corrected chi connectivity index (χ3v) is 3.71. The number of pyridine rings is 1. The minimum Gasteiger partial charge on any atom is -0.496 e. The summed E-state index contributed by atoms with van der Waals surface area (Å²) in [4.78, 5) is 4.01. The Morgan fingerprint density at radius 2 is 2.24 bits per heavy atom. The number of fused-ring (bicyclic) bond motifs is 1. The number of rotatable bonds is 3. The molecule has 3 rings (SSSR count). The molecule has 0 aliphatic carbocycles. The smallest absolute Gasteiger partial charge is 0.129 e. The molecule has 110 valence electrons. The van der Waals surface area contributed by atoms with E-state index in [1.54, 1.807) is 25.4 Å². The predicted molar refractivity (Wildman–Crippen MR) is 79.5 cm³/mol. The zero-order valence-corrected chi connectivity index (χ0v) is 12.0. The first-order valence-corrected chi connectivity index (χ1v) is 6.86. The van der Waals surface area contributed by atoms with E-state index in [2.05, 4.69) is 4.98 Å². The molecule has 5 heteroatoms. The largest absolute Gasteiger partial charge is 0.496 e. The lowest BCUT2D eigenvalue weighted by Gasteiger charge is -2.17. The van der Waals surface area contributed by atoms with Crippen molar-refractivity contribution in [2.24, 2.45) is 0 Å². The van der Waals surface area contributed by atoms with Crippen LogP contribution in [0.3, 0.4) is 0 Å². The minimum atomic E-state index is -0.904. The van der Waals surface area contributed by atoms with Crippen LogP contribution in [-0.4, -0.2) is 23.3 Å². The van der Waals surface area contributed by atoms with Gasteiger partial charge >= 0.3 is 0 Å². The molecule has 0 saturated heterocycles. The van der Waals surface area contributed by atoms with Gasteiger partial charge in [0.15, 0.2) is 0 Å². The number of hydrogen-bond donors (Lipinski definition) is 2. The zero-order valence-electron chi connectivity index (χ0n) is 12.0. The average Bonchev–Trinajstić information content (AvgIpc) is 2.84. The molecular weight excluding hydrogens is 268 g/mol. The number of methoxy groups -OCH3 is 1. The van der Waals surface area contributed by atoms with Crippen LogP contribution in [0.1, 0.15) is 29.7 Å². The van der Waals surface area contributed by atoms with Gasteiger partial charge in [-0.15, -0.1) is 0 Å². The van der Waals surface area contributed by atoms with Crippen LogP contribution in [0, 0.1) is 0 Å². The molecule has 1 aromatic carbocycles. The van der Waals surface area contributed by atoms with Crippen LogP contribution in [0.25, 0.3) is 0 Å². The Morgan fingerprint density at radius 3 is 2.95 bits per heavy atom. The van der Waals surface area contributed by atoms with Gasteiger partial charge in [-0.3, -0.25) is 0 Å². The SMILES string of the molecule is COc1cc2c(cc1C(O)c1cccnc1N)OC(C)C2. The summed E-state index contributed by atoms with van der Waals surface area (Å²) in [5.41, 5.74) is 8.12. The number of nitrogens with zero attached hydrogens (tertiary/aromatic N) is 1. The van der Waals surface area contributed by atoms with Gasteiger partial charge in [-0.2, -0.15) is 0 Å². The summed E-state index contributed by atoms with van der Waals surface area (Å²) in [5.74, 6) is 1.73. The van der Waals surface area contributed by atoms with Crippen molar-refractivity contribution >= 4 is 5.82 Å². The molecule has 0 saturated carbocycles. The Balaban J connectivity index is 2.06. The van der Waals surface area contributed by atoms with Gasteiger partial charge < -0.3 is 20.3 Å². The number of anilines is 1. The van der Waals surface area contributed by atoms with E-state index in [0.29, 0.717) is 22.7 Å². The van der Waals surface area contributed by atoms with Crippen molar-refractivity contribution in [3.05, 3.63) is 47.2 Å². The standard InChI is InChI=1S/C16H18N2O3/c1-9-6-10-7-14(20-2)12(8-13(10)21-9)15(19)11-4-3-5-18-16(11)17/h3-5,7-9,15,19H,6H2,1-2H3,(H2,17,18). The molecule has 2 aromatic rings. The predicted octanol–water partition coefficient (Wildman–Crippen LogP) is 2.08. The fraction of sp³-hybridized carbons (Fsp3) is 0.312. The molecule has 1 aliphatic heterocycles. The van der Waals surface area contributed by atoms with E-state index in [9.17, 15) is 5.11 Å². The fourth-order valence-corrected chi connectivity index (χ4v) is 2.67. The quantitative estimate of drug-likeness (QED) is 0.903. The fourth-order valence-electron chi connectivity index (χ4n) is 2.67. The van der Waals surface area contributed by atoms with Crippen molar-refractivity contribution in [3.8, 4) is 11.5 Å². The second-order valence-corrected chi connectivity index (χ2v) is 5.21. The Kier molecular flexibility index (Phi) is 3.43. The first kappa shape index (κ1) is 13.7. The van der Waals surface area contributed by atoms with Gasteiger partial charge in [0, 0.05) is 29.3 Å². The van der Waals surface area contributed by atoms with E-state index in [-0.39, 0.29) is 6.10 Å². The first-order valence-electron chi connectivity index (χ1n) is 6.86. The molecule has 0 fully saturated rings. The van der Waals surface area contributed by atoms with E-state index in [1.807, 2.05) is 19.1 Å². The summed E-state index contributed by atoms with van der Waals surface area (Å²) in [7, 11) is 1.59. The van der Waals surface area contributed by atoms with Crippen molar-refractivity contribution in [1.82, 2.24) is 4.98 Å². The van der Waals surface area contributed by atoms with Crippen LogP contribution in [0.5, 0.6) is 11.5 Å². The number of aliphatic hydroxyl groups is 1. The Labute approximate surface area is 123 Å². The van der Waals surface area contributed by atoms with Crippen LogP contribution in [0.2, 0.25) is 0 Å². The third-order valence-electron chi connectivity index (χ3n) is 3.71. The molecular formula is C16H18N2O3. The van der Waals surface area contributed by atoms with Gasteiger partial charge in [0.05, 0.1) is 7.11 Å². The van der Waals surface area contributed by atoms with E-state index < -0.39 is 6.10 Å². The van der Waals surface area contributed by atoms with Gasteiger partial charge in [0.2, 0.25) is 0 Å². The highest BCUT2D eigenvalue weighted by atomic mass is 16.5. The second kappa shape index (κ2) is 5.26. The van der Waals surface area contributed by atoms with Gasteiger partial charge in [-0.1, -0.05) is 6.07 Å². The lowest BCUT2D eigenvalue weighted by Crippen LogP contribution is -2.07. The molecule has 1 aliphatic rings. The number of aliphatic hydroxyl groups excluding tert-OH is 1. The second-order valence-electron chi connectivity index (χ2n) is 5.21. The number of nitrogen functional groups attached to an aromatic ring is 1. The monoisotopic (exact) mass is 286 g/mol. The van der Waals surface area contributed by atoms with Crippen LogP contribution < -0.4 is 15.2 Å². The van der Waals surface area contributed by atoms with Gasteiger partial charge in [0.25, 0.3) is 0 Å². The first-order chi connectivity index (χ1) is 10.1. The van der Waals surface area contributed by atoms with Crippen LogP contribution in [0.4, 0.5) is 5.82 Å². The molecule has 0 radical (unpaired) electrons. The van der Waals surface area contributed by atoms with E-state index >= 15 is 0 Å². The summed E-state index contributed by atoms with van der Waals surface area (Å²) in [6.45, 7) is 2.02. The summed E-state index contributed by atoms with van der Waals surface area (Å²) >= 11 is 0. The Morgan fingerprint density at radius 1 is 1.43 bits per heavy atom. The number of aromatic nitrogens is 1. The summed E-state index contributed by atoms with van der Waals surface area (Å²) in [6.07, 6.45) is 1.67.